The molecule has 1 rings (SSSR count). The molecule has 0 aromatic heterocycles. The van der Waals surface area contributed by atoms with E-state index in [0.717, 1.165) is 6.07 Å². The number of carbonyl (C=O) groups excluding carboxylic acids is 1. The minimum Gasteiger partial charge on any atom is -0.466 e. The average Bonchev–Trinajstić information content (AvgIpc) is 2.37. The first-order valence-corrected chi connectivity index (χ1v) is 5.82. The topological polar surface area (TPSA) is 76.1 Å². The monoisotopic (exact) mass is 286 g/mol. The van der Waals surface area contributed by atoms with E-state index in [9.17, 15) is 18.0 Å². The highest BCUT2D eigenvalue weighted by molar-refractivity contribution is 5.73. The van der Waals surface area contributed by atoms with Crippen molar-refractivity contribution in [3.05, 3.63) is 34.4 Å². The summed E-state index contributed by atoms with van der Waals surface area (Å²) >= 11 is 0. The number of nitrogens with two attached hydrogens (primary N) is 1. The second-order valence-corrected chi connectivity index (χ2v) is 3.92. The fourth-order valence-electron chi connectivity index (χ4n) is 1.87. The Bertz CT molecular complexity index is 548. The maximum Gasteiger partial charge on any atom is 0.418 e. The molecule has 0 heterocycles. The van der Waals surface area contributed by atoms with Crippen LogP contribution in [0.4, 0.5) is 13.2 Å². The van der Waals surface area contributed by atoms with Gasteiger partial charge in [-0.3, -0.25) is 4.79 Å². The predicted octanol–water partition coefficient (Wildman–Crippen LogP) is 2.14. The van der Waals surface area contributed by atoms with Crippen LogP contribution in [0.2, 0.25) is 0 Å². The second kappa shape index (κ2) is 6.39. The third-order valence-electron chi connectivity index (χ3n) is 2.66. The van der Waals surface area contributed by atoms with Gasteiger partial charge in [0.1, 0.15) is 0 Å². The van der Waals surface area contributed by atoms with Gasteiger partial charge in [0.2, 0.25) is 0 Å². The summed E-state index contributed by atoms with van der Waals surface area (Å²) in [6.45, 7) is 1.32. The molecule has 0 saturated heterocycles. The largest absolute Gasteiger partial charge is 0.466 e. The van der Waals surface area contributed by atoms with Gasteiger partial charge in [-0.25, -0.2) is 0 Å². The molecular weight excluding hydrogens is 273 g/mol. The van der Waals surface area contributed by atoms with E-state index in [1.165, 1.54) is 12.1 Å². The molecule has 0 aliphatic heterocycles. The third kappa shape index (κ3) is 3.48. The summed E-state index contributed by atoms with van der Waals surface area (Å²) in [4.78, 5) is 11.4. The molecule has 108 valence electrons. The molecule has 1 aromatic carbocycles. The van der Waals surface area contributed by atoms with Gasteiger partial charge in [-0.1, -0.05) is 6.07 Å². The molecule has 0 aliphatic carbocycles. The number of hydrogen-bond donors (Lipinski definition) is 1. The summed E-state index contributed by atoms with van der Waals surface area (Å²) in [6, 6.07) is 3.83. The number of carbonyl (C=O) groups is 1. The van der Waals surface area contributed by atoms with Crippen molar-refractivity contribution < 1.29 is 22.7 Å². The van der Waals surface area contributed by atoms with Crippen LogP contribution in [0, 0.1) is 11.3 Å². The minimum atomic E-state index is -4.70. The van der Waals surface area contributed by atoms with Gasteiger partial charge in [0.25, 0.3) is 0 Å². The van der Waals surface area contributed by atoms with E-state index < -0.39 is 29.8 Å². The molecule has 0 radical (unpaired) electrons. The van der Waals surface area contributed by atoms with E-state index in [4.69, 9.17) is 15.7 Å². The van der Waals surface area contributed by atoms with Crippen LogP contribution in [-0.2, 0) is 28.7 Å². The first-order valence-electron chi connectivity index (χ1n) is 5.82. The molecule has 1 aromatic rings. The summed E-state index contributed by atoms with van der Waals surface area (Å²) in [5, 5.41) is 8.78. The number of nitrogens with zero attached hydrogens (tertiary/aromatic N) is 1. The molecular formula is C13H13F3N2O2. The zero-order chi connectivity index (χ0) is 15.3. The van der Waals surface area contributed by atoms with Crippen molar-refractivity contribution in [3.63, 3.8) is 0 Å². The highest BCUT2D eigenvalue weighted by Crippen LogP contribution is 2.36. The van der Waals surface area contributed by atoms with Crippen LogP contribution in [0.15, 0.2) is 12.1 Å². The number of halogens is 3. The van der Waals surface area contributed by atoms with Crippen molar-refractivity contribution in [1.29, 1.82) is 5.26 Å². The molecule has 0 fully saturated rings. The number of benzene rings is 1. The lowest BCUT2D eigenvalue weighted by Gasteiger charge is -2.17. The van der Waals surface area contributed by atoms with Gasteiger partial charge in [-0.2, -0.15) is 18.4 Å². The van der Waals surface area contributed by atoms with Crippen LogP contribution in [0.5, 0.6) is 0 Å². The van der Waals surface area contributed by atoms with E-state index in [2.05, 4.69) is 0 Å². The fourth-order valence-corrected chi connectivity index (χ4v) is 1.87. The Morgan fingerprint density at radius 3 is 2.55 bits per heavy atom. The molecule has 7 heteroatoms. The molecule has 0 spiro atoms. The number of nitriles is 1. The molecule has 2 N–H and O–H groups in total. The van der Waals surface area contributed by atoms with Gasteiger partial charge >= 0.3 is 12.1 Å². The number of ether oxygens (including phenoxy) is 1. The zero-order valence-electron chi connectivity index (χ0n) is 10.8. The van der Waals surface area contributed by atoms with Crippen molar-refractivity contribution >= 4 is 5.97 Å². The SMILES string of the molecule is CCOC(=O)Cc1ccc(C#N)c(C(F)(F)F)c1CN. The molecule has 0 unspecified atom stereocenters. The van der Waals surface area contributed by atoms with Gasteiger partial charge < -0.3 is 10.5 Å². The maximum absolute atomic E-state index is 13.0. The van der Waals surface area contributed by atoms with E-state index in [-0.39, 0.29) is 24.2 Å². The van der Waals surface area contributed by atoms with E-state index in [1.54, 1.807) is 6.92 Å². The normalized spacial score (nSPS) is 11.0. The number of hydrogen-bond acceptors (Lipinski definition) is 4. The van der Waals surface area contributed by atoms with Crippen LogP contribution in [-0.4, -0.2) is 12.6 Å². The lowest BCUT2D eigenvalue weighted by Crippen LogP contribution is -2.18. The number of esters is 1. The molecule has 0 atom stereocenters. The zero-order valence-corrected chi connectivity index (χ0v) is 10.8. The molecule has 0 aliphatic rings. The summed E-state index contributed by atoms with van der Waals surface area (Å²) in [6.07, 6.45) is -5.01. The second-order valence-electron chi connectivity index (χ2n) is 3.92. The summed E-state index contributed by atoms with van der Waals surface area (Å²) in [5.41, 5.74) is 3.65. The van der Waals surface area contributed by atoms with Crippen molar-refractivity contribution in [2.45, 2.75) is 26.1 Å². The van der Waals surface area contributed by atoms with Crippen LogP contribution < -0.4 is 5.73 Å². The maximum atomic E-state index is 13.0. The van der Waals surface area contributed by atoms with Crippen LogP contribution >= 0.6 is 0 Å². The number of rotatable bonds is 4. The first-order chi connectivity index (χ1) is 9.35. The van der Waals surface area contributed by atoms with Crippen LogP contribution in [0.25, 0.3) is 0 Å². The van der Waals surface area contributed by atoms with Crippen LogP contribution in [0.3, 0.4) is 0 Å². The summed E-state index contributed by atoms with van der Waals surface area (Å²) in [5.74, 6) is -0.639. The van der Waals surface area contributed by atoms with Crippen molar-refractivity contribution in [2.75, 3.05) is 6.61 Å². The van der Waals surface area contributed by atoms with Gasteiger partial charge in [-0.15, -0.1) is 0 Å². The molecule has 0 saturated carbocycles. The fraction of sp³-hybridized carbons (Fsp3) is 0.385. The Hall–Kier alpha value is -2.07. The molecule has 0 amide bonds. The van der Waals surface area contributed by atoms with Crippen molar-refractivity contribution in [1.82, 2.24) is 0 Å². The van der Waals surface area contributed by atoms with Crippen molar-refractivity contribution in [3.8, 4) is 6.07 Å². The van der Waals surface area contributed by atoms with E-state index >= 15 is 0 Å². The Morgan fingerprint density at radius 1 is 1.45 bits per heavy atom. The standard InChI is InChI=1S/C13H13F3N2O2/c1-2-20-11(19)5-8-3-4-9(6-17)12(10(8)7-18)13(14,15)16/h3-4H,2,5,7,18H2,1H3. The number of alkyl halides is 3. The lowest BCUT2D eigenvalue weighted by molar-refractivity contribution is -0.143. The Kier molecular flexibility index (Phi) is 5.11. The highest BCUT2D eigenvalue weighted by atomic mass is 19.4. The molecule has 0 bridgehead atoms. The third-order valence-corrected chi connectivity index (χ3v) is 2.66. The minimum absolute atomic E-state index is 0.122. The Labute approximate surface area is 113 Å². The Balaban J connectivity index is 3.35. The van der Waals surface area contributed by atoms with Crippen molar-refractivity contribution in [2.24, 2.45) is 5.73 Å². The van der Waals surface area contributed by atoms with Gasteiger partial charge in [0, 0.05) is 6.54 Å². The molecule has 4 nitrogen and oxygen atoms in total. The van der Waals surface area contributed by atoms with E-state index in [0.29, 0.717) is 0 Å². The van der Waals surface area contributed by atoms with E-state index in [1.807, 2.05) is 0 Å². The summed E-state index contributed by atoms with van der Waals surface area (Å²) in [7, 11) is 0. The quantitative estimate of drug-likeness (QED) is 0.860. The molecule has 20 heavy (non-hydrogen) atoms. The highest BCUT2D eigenvalue weighted by Gasteiger charge is 2.37. The smallest absolute Gasteiger partial charge is 0.418 e. The Morgan fingerprint density at radius 2 is 2.10 bits per heavy atom. The van der Waals surface area contributed by atoms with Crippen LogP contribution in [0.1, 0.15) is 29.2 Å². The van der Waals surface area contributed by atoms with Gasteiger partial charge in [-0.05, 0) is 24.1 Å². The van der Waals surface area contributed by atoms with Gasteiger partial charge in [0.05, 0.1) is 30.2 Å². The predicted molar refractivity (Wildman–Crippen MR) is 64.4 cm³/mol. The lowest BCUT2D eigenvalue weighted by atomic mass is 9.94. The first kappa shape index (κ1) is 16.0. The van der Waals surface area contributed by atoms with Gasteiger partial charge in [0.15, 0.2) is 0 Å². The summed E-state index contributed by atoms with van der Waals surface area (Å²) < 4.78 is 43.8. The average molecular weight is 286 g/mol.